The van der Waals surface area contributed by atoms with Crippen LogP contribution in [0.15, 0.2) is 75.8 Å². The first-order chi connectivity index (χ1) is 13.5. The summed E-state index contributed by atoms with van der Waals surface area (Å²) in [6.07, 6.45) is 1.41. The van der Waals surface area contributed by atoms with Gasteiger partial charge in [-0.25, -0.2) is 14.2 Å². The van der Waals surface area contributed by atoms with Gasteiger partial charge in [0, 0.05) is 29.3 Å². The molecule has 0 fully saturated rings. The van der Waals surface area contributed by atoms with E-state index in [0.29, 0.717) is 22.6 Å². The molecule has 0 radical (unpaired) electrons. The molecule has 28 heavy (non-hydrogen) atoms. The minimum absolute atomic E-state index is 0.0119. The van der Waals surface area contributed by atoms with E-state index in [0.717, 1.165) is 0 Å². The number of carbonyl (C=O) groups excluding carboxylic acids is 1. The second-order valence-electron chi connectivity index (χ2n) is 5.85. The Morgan fingerprint density at radius 3 is 2.54 bits per heavy atom. The van der Waals surface area contributed by atoms with E-state index in [-0.39, 0.29) is 17.3 Å². The summed E-state index contributed by atoms with van der Waals surface area (Å²) in [5.41, 5.74) is 0.991. The molecular formula is C20H11FN2O5. The molecule has 0 bridgehead atoms. The molecule has 0 saturated carbocycles. The summed E-state index contributed by atoms with van der Waals surface area (Å²) in [7, 11) is 0. The van der Waals surface area contributed by atoms with Crippen molar-refractivity contribution in [2.45, 2.75) is 0 Å². The van der Waals surface area contributed by atoms with E-state index in [9.17, 15) is 19.3 Å². The number of carbonyl (C=O) groups is 1. The van der Waals surface area contributed by atoms with Crippen molar-refractivity contribution in [1.82, 2.24) is 0 Å². The van der Waals surface area contributed by atoms with Gasteiger partial charge in [-0.3, -0.25) is 10.1 Å². The van der Waals surface area contributed by atoms with Crippen molar-refractivity contribution in [2.75, 3.05) is 0 Å². The van der Waals surface area contributed by atoms with E-state index >= 15 is 0 Å². The molecule has 0 atom stereocenters. The number of esters is 1. The molecule has 4 rings (SSSR count). The number of halogens is 1. The summed E-state index contributed by atoms with van der Waals surface area (Å²) >= 11 is 0. The number of non-ortho nitro benzene ring substituents is 1. The molecule has 1 aromatic heterocycles. The Morgan fingerprint density at radius 1 is 1.04 bits per heavy atom. The van der Waals surface area contributed by atoms with Gasteiger partial charge in [0.2, 0.25) is 5.90 Å². The topological polar surface area (TPSA) is 94.9 Å². The first-order valence-electron chi connectivity index (χ1n) is 8.13. The maximum atomic E-state index is 13.3. The average Bonchev–Trinajstić information content (AvgIpc) is 3.29. The van der Waals surface area contributed by atoms with E-state index in [4.69, 9.17) is 9.15 Å². The molecule has 8 heteroatoms. The van der Waals surface area contributed by atoms with Crippen molar-refractivity contribution in [2.24, 2.45) is 4.99 Å². The molecule has 0 spiro atoms. The van der Waals surface area contributed by atoms with Crippen molar-refractivity contribution in [1.29, 1.82) is 0 Å². The molecule has 1 aliphatic heterocycles. The second-order valence-corrected chi connectivity index (χ2v) is 5.85. The monoisotopic (exact) mass is 378 g/mol. The van der Waals surface area contributed by atoms with Crippen LogP contribution in [0.5, 0.6) is 0 Å². The number of ether oxygens (including phenoxy) is 1. The molecular weight excluding hydrogens is 367 g/mol. The van der Waals surface area contributed by atoms with Crippen LogP contribution in [0.2, 0.25) is 0 Å². The Morgan fingerprint density at radius 2 is 1.82 bits per heavy atom. The normalized spacial score (nSPS) is 14.8. The Bertz CT molecular complexity index is 1150. The lowest BCUT2D eigenvalue weighted by Gasteiger charge is -1.98. The van der Waals surface area contributed by atoms with Crippen LogP contribution in [0.25, 0.3) is 17.4 Å². The maximum Gasteiger partial charge on any atom is 0.363 e. The number of furan rings is 1. The van der Waals surface area contributed by atoms with Gasteiger partial charge in [-0.15, -0.1) is 0 Å². The molecule has 138 valence electrons. The number of hydrogen-bond acceptors (Lipinski definition) is 6. The highest BCUT2D eigenvalue weighted by Crippen LogP contribution is 2.26. The number of nitro groups is 1. The van der Waals surface area contributed by atoms with Gasteiger partial charge in [-0.1, -0.05) is 6.07 Å². The molecule has 2 aromatic carbocycles. The Balaban J connectivity index is 1.59. The second kappa shape index (κ2) is 6.92. The Kier molecular flexibility index (Phi) is 4.29. The van der Waals surface area contributed by atoms with Crippen LogP contribution in [0, 0.1) is 15.9 Å². The predicted molar refractivity (Wildman–Crippen MR) is 97.8 cm³/mol. The summed E-state index contributed by atoms with van der Waals surface area (Å²) in [6.45, 7) is 0. The third kappa shape index (κ3) is 3.43. The minimum atomic E-state index is -0.674. The highest BCUT2D eigenvalue weighted by atomic mass is 19.1. The largest absolute Gasteiger partial charge is 0.457 e. The quantitative estimate of drug-likeness (QED) is 0.291. The zero-order valence-corrected chi connectivity index (χ0v) is 14.2. The number of cyclic esters (lactones) is 1. The van der Waals surface area contributed by atoms with Crippen molar-refractivity contribution in [3.8, 4) is 11.3 Å². The zero-order valence-electron chi connectivity index (χ0n) is 14.2. The third-order valence-corrected chi connectivity index (χ3v) is 3.96. The van der Waals surface area contributed by atoms with Crippen LogP contribution >= 0.6 is 0 Å². The van der Waals surface area contributed by atoms with Gasteiger partial charge in [0.25, 0.3) is 5.69 Å². The van der Waals surface area contributed by atoms with E-state index in [2.05, 4.69) is 4.99 Å². The number of benzene rings is 2. The van der Waals surface area contributed by atoms with Gasteiger partial charge < -0.3 is 9.15 Å². The van der Waals surface area contributed by atoms with Crippen molar-refractivity contribution in [3.05, 3.63) is 93.6 Å². The van der Waals surface area contributed by atoms with Crippen LogP contribution in [0.4, 0.5) is 10.1 Å². The fraction of sp³-hybridized carbons (Fsp3) is 0. The third-order valence-electron chi connectivity index (χ3n) is 3.96. The van der Waals surface area contributed by atoms with Crippen molar-refractivity contribution < 1.29 is 23.3 Å². The summed E-state index contributed by atoms with van der Waals surface area (Å²) in [4.78, 5) is 26.4. The highest BCUT2D eigenvalue weighted by Gasteiger charge is 2.25. The zero-order chi connectivity index (χ0) is 19.7. The first-order valence-corrected chi connectivity index (χ1v) is 8.13. The highest BCUT2D eigenvalue weighted by molar-refractivity contribution is 6.12. The molecule has 0 unspecified atom stereocenters. The first kappa shape index (κ1) is 17.3. The van der Waals surface area contributed by atoms with Crippen LogP contribution in [0.1, 0.15) is 11.3 Å². The number of nitrogens with zero attached hydrogens (tertiary/aromatic N) is 2. The SMILES string of the molecule is O=C1OC(c2cccc(F)c2)=NC1=Cc1ccc(-c2ccc([N+](=O)[O-])cc2)o1. The van der Waals surface area contributed by atoms with Crippen LogP contribution < -0.4 is 0 Å². The molecule has 0 N–H and O–H groups in total. The standard InChI is InChI=1S/C20H11FN2O5/c21-14-3-1-2-13(10-14)19-22-17(20(24)28-19)11-16-8-9-18(27-16)12-4-6-15(7-5-12)23(25)26/h1-11H. The number of rotatable bonds is 4. The smallest absolute Gasteiger partial charge is 0.363 e. The van der Waals surface area contributed by atoms with E-state index in [1.807, 2.05) is 0 Å². The Hall–Kier alpha value is -4.07. The maximum absolute atomic E-state index is 13.3. The van der Waals surface area contributed by atoms with Crippen molar-refractivity contribution in [3.63, 3.8) is 0 Å². The lowest BCUT2D eigenvalue weighted by Crippen LogP contribution is -2.05. The van der Waals surface area contributed by atoms with Gasteiger partial charge in [0.05, 0.1) is 4.92 Å². The molecule has 7 nitrogen and oxygen atoms in total. The van der Waals surface area contributed by atoms with Crippen molar-refractivity contribution >= 4 is 23.6 Å². The van der Waals surface area contributed by atoms with Crippen LogP contribution in [0.3, 0.4) is 0 Å². The number of aliphatic imine (C=N–C) groups is 1. The van der Waals surface area contributed by atoms with Gasteiger partial charge in [0.1, 0.15) is 17.3 Å². The molecule has 3 aromatic rings. The fourth-order valence-electron chi connectivity index (χ4n) is 2.62. The fourth-order valence-corrected chi connectivity index (χ4v) is 2.62. The van der Waals surface area contributed by atoms with E-state index < -0.39 is 16.7 Å². The summed E-state index contributed by atoms with van der Waals surface area (Å²) in [5.74, 6) is -0.301. The van der Waals surface area contributed by atoms with Gasteiger partial charge >= 0.3 is 5.97 Å². The van der Waals surface area contributed by atoms with E-state index in [1.54, 1.807) is 30.3 Å². The van der Waals surface area contributed by atoms with Crippen LogP contribution in [-0.2, 0) is 9.53 Å². The lowest BCUT2D eigenvalue weighted by atomic mass is 10.1. The lowest BCUT2D eigenvalue weighted by molar-refractivity contribution is -0.384. The molecule has 0 saturated heterocycles. The molecule has 0 aliphatic carbocycles. The summed E-state index contributed by atoms with van der Waals surface area (Å²) in [6, 6.07) is 14.8. The molecule has 0 amide bonds. The van der Waals surface area contributed by atoms with Gasteiger partial charge in [-0.2, -0.15) is 0 Å². The van der Waals surface area contributed by atoms with Crippen LogP contribution in [-0.4, -0.2) is 16.8 Å². The molecule has 2 heterocycles. The summed E-state index contributed by atoms with van der Waals surface area (Å²) < 4.78 is 24.1. The van der Waals surface area contributed by atoms with Gasteiger partial charge in [-0.05, 0) is 42.5 Å². The minimum Gasteiger partial charge on any atom is -0.457 e. The molecule has 1 aliphatic rings. The summed E-state index contributed by atoms with van der Waals surface area (Å²) in [5, 5.41) is 10.7. The number of nitro benzene ring substituents is 1. The number of hydrogen-bond donors (Lipinski definition) is 0. The predicted octanol–water partition coefficient (Wildman–Crippen LogP) is 4.34. The van der Waals surface area contributed by atoms with Gasteiger partial charge in [0.15, 0.2) is 5.70 Å². The Labute approximate surface area is 157 Å². The average molecular weight is 378 g/mol. The van der Waals surface area contributed by atoms with E-state index in [1.165, 1.54) is 36.4 Å².